The summed E-state index contributed by atoms with van der Waals surface area (Å²) in [6, 6.07) is 11.0. The Hall–Kier alpha value is -2.05. The van der Waals surface area contributed by atoms with Gasteiger partial charge in [0.15, 0.2) is 0 Å². The molecule has 0 aliphatic rings. The maximum absolute atomic E-state index is 11.3. The predicted molar refractivity (Wildman–Crippen MR) is 96.9 cm³/mol. The molecule has 0 aromatic heterocycles. The Morgan fingerprint density at radius 1 is 1.00 bits per heavy atom. The number of ether oxygens (including phenoxy) is 1. The van der Waals surface area contributed by atoms with E-state index in [2.05, 4.69) is 6.92 Å². The summed E-state index contributed by atoms with van der Waals surface area (Å²) in [6.07, 6.45) is 6.72. The molecule has 136 valence electrons. The van der Waals surface area contributed by atoms with Crippen LogP contribution in [0.3, 0.4) is 0 Å². The Morgan fingerprint density at radius 3 is 2.44 bits per heavy atom. The summed E-state index contributed by atoms with van der Waals surface area (Å²) in [4.78, 5) is -0.403. The van der Waals surface area contributed by atoms with Gasteiger partial charge < -0.3 is 9.84 Å². The topological polar surface area (TPSA) is 83.8 Å². The van der Waals surface area contributed by atoms with Gasteiger partial charge in [0.05, 0.1) is 0 Å². The van der Waals surface area contributed by atoms with Gasteiger partial charge in [0.1, 0.15) is 22.1 Å². The minimum absolute atomic E-state index is 0.158. The van der Waals surface area contributed by atoms with Crippen molar-refractivity contribution in [3.8, 4) is 17.2 Å². The highest BCUT2D eigenvalue weighted by Crippen LogP contribution is 2.31. The number of phenolic OH excluding ortho intramolecular Hbond substituents is 1. The van der Waals surface area contributed by atoms with E-state index in [-0.39, 0.29) is 11.5 Å². The SMILES string of the molecule is CCCCCCCc1ccccc1Oc1cc(O)cc(S(=O)(=O)O)c1. The Labute approximate surface area is 149 Å². The first-order valence-electron chi connectivity index (χ1n) is 8.47. The lowest BCUT2D eigenvalue weighted by Crippen LogP contribution is -1.99. The molecule has 0 bridgehead atoms. The molecule has 2 aromatic rings. The van der Waals surface area contributed by atoms with Crippen LogP contribution in [-0.2, 0) is 16.5 Å². The molecule has 0 radical (unpaired) electrons. The van der Waals surface area contributed by atoms with E-state index in [0.717, 1.165) is 30.9 Å². The molecule has 0 amide bonds. The fraction of sp³-hybridized carbons (Fsp3) is 0.368. The predicted octanol–water partition coefficient (Wildman–Crippen LogP) is 4.94. The summed E-state index contributed by atoms with van der Waals surface area (Å²) in [5, 5.41) is 9.67. The number of phenols is 1. The molecule has 25 heavy (non-hydrogen) atoms. The largest absolute Gasteiger partial charge is 0.508 e. The second kappa shape index (κ2) is 8.87. The van der Waals surface area contributed by atoms with Crippen LogP contribution in [0.15, 0.2) is 47.4 Å². The fourth-order valence-corrected chi connectivity index (χ4v) is 3.16. The molecule has 0 heterocycles. The van der Waals surface area contributed by atoms with Crippen LogP contribution in [0.4, 0.5) is 0 Å². The second-order valence-corrected chi connectivity index (χ2v) is 7.43. The van der Waals surface area contributed by atoms with Gasteiger partial charge in [0, 0.05) is 18.2 Å². The van der Waals surface area contributed by atoms with Crippen LogP contribution < -0.4 is 4.74 Å². The molecule has 0 aliphatic carbocycles. The van der Waals surface area contributed by atoms with Crippen LogP contribution in [0, 0.1) is 0 Å². The zero-order valence-corrected chi connectivity index (χ0v) is 15.1. The number of hydrogen-bond acceptors (Lipinski definition) is 4. The normalized spacial score (nSPS) is 11.4. The van der Waals surface area contributed by atoms with Crippen molar-refractivity contribution in [2.45, 2.75) is 50.3 Å². The molecule has 2 rings (SSSR count). The smallest absolute Gasteiger partial charge is 0.294 e. The van der Waals surface area contributed by atoms with E-state index in [4.69, 9.17) is 9.29 Å². The fourth-order valence-electron chi connectivity index (χ4n) is 2.62. The monoisotopic (exact) mass is 364 g/mol. The highest BCUT2D eigenvalue weighted by Gasteiger charge is 2.14. The first kappa shape index (κ1) is 19.3. The molecular formula is C19H24O5S. The Balaban J connectivity index is 2.14. The maximum atomic E-state index is 11.3. The second-order valence-electron chi connectivity index (χ2n) is 6.01. The Morgan fingerprint density at radius 2 is 1.72 bits per heavy atom. The summed E-state index contributed by atoms with van der Waals surface area (Å²) >= 11 is 0. The molecule has 0 aliphatic heterocycles. The minimum atomic E-state index is -4.41. The number of unbranched alkanes of at least 4 members (excludes halogenated alkanes) is 4. The van der Waals surface area contributed by atoms with Crippen molar-refractivity contribution in [1.29, 1.82) is 0 Å². The third-order valence-electron chi connectivity index (χ3n) is 3.91. The first-order valence-corrected chi connectivity index (χ1v) is 9.91. The molecule has 0 atom stereocenters. The summed E-state index contributed by atoms with van der Waals surface area (Å²) in [6.45, 7) is 2.18. The highest BCUT2D eigenvalue weighted by atomic mass is 32.2. The Kier molecular flexibility index (Phi) is 6.84. The molecule has 6 heteroatoms. The zero-order valence-electron chi connectivity index (χ0n) is 14.3. The van der Waals surface area contributed by atoms with Crippen molar-refractivity contribution < 1.29 is 22.8 Å². The number of rotatable bonds is 9. The summed E-state index contributed by atoms with van der Waals surface area (Å²) in [5.74, 6) is 0.484. The molecular weight excluding hydrogens is 340 g/mol. The van der Waals surface area contributed by atoms with Gasteiger partial charge in [-0.3, -0.25) is 4.55 Å². The van der Waals surface area contributed by atoms with Crippen molar-refractivity contribution in [2.24, 2.45) is 0 Å². The van der Waals surface area contributed by atoms with Gasteiger partial charge in [-0.1, -0.05) is 50.8 Å². The van der Waals surface area contributed by atoms with Crippen LogP contribution in [0.5, 0.6) is 17.2 Å². The van der Waals surface area contributed by atoms with Crippen LogP contribution in [0.2, 0.25) is 0 Å². The molecule has 0 saturated carbocycles. The quantitative estimate of drug-likeness (QED) is 0.486. The van der Waals surface area contributed by atoms with Gasteiger partial charge >= 0.3 is 0 Å². The van der Waals surface area contributed by atoms with Crippen molar-refractivity contribution >= 4 is 10.1 Å². The summed E-state index contributed by atoms with van der Waals surface area (Å²) in [5.41, 5.74) is 1.02. The van der Waals surface area contributed by atoms with E-state index in [9.17, 15) is 13.5 Å². The molecule has 0 unspecified atom stereocenters. The molecule has 2 N–H and O–H groups in total. The summed E-state index contributed by atoms with van der Waals surface area (Å²) < 4.78 is 37.5. The van der Waals surface area contributed by atoms with Crippen molar-refractivity contribution in [3.63, 3.8) is 0 Å². The Bertz CT molecular complexity index is 799. The third-order valence-corrected chi connectivity index (χ3v) is 4.74. The zero-order chi connectivity index (χ0) is 18.3. The van der Waals surface area contributed by atoms with Crippen molar-refractivity contribution in [3.05, 3.63) is 48.0 Å². The maximum Gasteiger partial charge on any atom is 0.294 e. The number of aryl methyl sites for hydroxylation is 1. The molecule has 0 saturated heterocycles. The number of aromatic hydroxyl groups is 1. The van der Waals surface area contributed by atoms with Gasteiger partial charge in [-0.2, -0.15) is 8.42 Å². The van der Waals surface area contributed by atoms with Crippen molar-refractivity contribution in [1.82, 2.24) is 0 Å². The number of hydrogen-bond donors (Lipinski definition) is 2. The van der Waals surface area contributed by atoms with Crippen LogP contribution in [-0.4, -0.2) is 18.1 Å². The average molecular weight is 364 g/mol. The highest BCUT2D eigenvalue weighted by molar-refractivity contribution is 7.85. The van der Waals surface area contributed by atoms with Crippen molar-refractivity contribution in [2.75, 3.05) is 0 Å². The number of para-hydroxylation sites is 1. The van der Waals surface area contributed by atoms with E-state index >= 15 is 0 Å². The van der Waals surface area contributed by atoms with E-state index in [1.54, 1.807) is 6.07 Å². The van der Waals surface area contributed by atoms with E-state index in [1.807, 2.05) is 18.2 Å². The lowest BCUT2D eigenvalue weighted by molar-refractivity contribution is 0.444. The molecule has 0 spiro atoms. The van der Waals surface area contributed by atoms with E-state index in [0.29, 0.717) is 5.75 Å². The lowest BCUT2D eigenvalue weighted by Gasteiger charge is -2.12. The number of benzene rings is 2. The minimum Gasteiger partial charge on any atom is -0.508 e. The van der Waals surface area contributed by atoms with Crippen LogP contribution in [0.25, 0.3) is 0 Å². The standard InChI is InChI=1S/C19H24O5S/c1-2-3-4-5-6-9-15-10-7-8-11-19(15)24-17-12-16(20)13-18(14-17)25(21,22)23/h7-8,10-14,20H,2-6,9H2,1H3,(H,21,22,23). The van der Waals surface area contributed by atoms with Gasteiger partial charge in [-0.05, 0) is 24.5 Å². The van der Waals surface area contributed by atoms with E-state index < -0.39 is 15.0 Å². The van der Waals surface area contributed by atoms with Crippen LogP contribution >= 0.6 is 0 Å². The van der Waals surface area contributed by atoms with Gasteiger partial charge in [-0.25, -0.2) is 0 Å². The molecule has 2 aromatic carbocycles. The van der Waals surface area contributed by atoms with Gasteiger partial charge in [-0.15, -0.1) is 0 Å². The first-order chi connectivity index (χ1) is 11.9. The average Bonchev–Trinajstić information content (AvgIpc) is 2.55. The molecule has 0 fully saturated rings. The molecule has 5 nitrogen and oxygen atoms in total. The third kappa shape index (κ3) is 6.07. The van der Waals surface area contributed by atoms with Gasteiger partial charge in [0.2, 0.25) is 0 Å². The lowest BCUT2D eigenvalue weighted by atomic mass is 10.0. The van der Waals surface area contributed by atoms with E-state index in [1.165, 1.54) is 31.4 Å². The summed E-state index contributed by atoms with van der Waals surface area (Å²) in [7, 11) is -4.41. The van der Waals surface area contributed by atoms with Crippen LogP contribution in [0.1, 0.15) is 44.6 Å². The van der Waals surface area contributed by atoms with Gasteiger partial charge in [0.25, 0.3) is 10.1 Å².